The lowest BCUT2D eigenvalue weighted by molar-refractivity contribution is 0.609. The molecule has 1 aliphatic rings. The minimum atomic E-state index is -0.412. The van der Waals surface area contributed by atoms with Crippen LogP contribution in [0.5, 0.6) is 0 Å². The van der Waals surface area contributed by atoms with E-state index in [9.17, 15) is 4.39 Å². The second-order valence-corrected chi connectivity index (χ2v) is 5.64. The first kappa shape index (κ1) is 10.9. The summed E-state index contributed by atoms with van der Waals surface area (Å²) in [6, 6.07) is 1.98. The molecule has 0 aliphatic carbocycles. The first-order chi connectivity index (χ1) is 8.22. The number of halogens is 2. The van der Waals surface area contributed by atoms with Crippen LogP contribution < -0.4 is 4.90 Å². The van der Waals surface area contributed by atoms with Gasteiger partial charge in [-0.3, -0.25) is 0 Å². The molecule has 1 aliphatic heterocycles. The molecular weight excluding hydrogens is 261 g/mol. The predicted octanol–water partition coefficient (Wildman–Crippen LogP) is 2.89. The second-order valence-electron chi connectivity index (χ2n) is 3.87. The Bertz CT molecular complexity index is 540. The van der Waals surface area contributed by atoms with Crippen LogP contribution in [0.15, 0.2) is 18.5 Å². The van der Waals surface area contributed by atoms with E-state index < -0.39 is 5.82 Å². The van der Waals surface area contributed by atoms with E-state index in [1.54, 1.807) is 11.3 Å². The summed E-state index contributed by atoms with van der Waals surface area (Å²) in [5.41, 5.74) is 1.22. The van der Waals surface area contributed by atoms with Gasteiger partial charge >= 0.3 is 0 Å². The normalized spacial score (nSPS) is 14.8. The van der Waals surface area contributed by atoms with Crippen molar-refractivity contribution in [3.63, 3.8) is 0 Å². The van der Waals surface area contributed by atoms with Crippen molar-refractivity contribution in [2.24, 2.45) is 0 Å². The predicted molar refractivity (Wildman–Crippen MR) is 66.1 cm³/mol. The largest absolute Gasteiger partial charge is 0.336 e. The molecule has 0 atom stereocenters. The Balaban J connectivity index is 1.86. The standard InChI is InChI=1S/C11H9ClFN3S/c12-10-3-7-6-16(2-1-9(7)17-10)11-14-4-8(13)5-15-11/h3-5H,1-2,6H2. The number of aromatic nitrogens is 2. The maximum Gasteiger partial charge on any atom is 0.225 e. The highest BCUT2D eigenvalue weighted by molar-refractivity contribution is 7.16. The van der Waals surface area contributed by atoms with Gasteiger partial charge in [-0.15, -0.1) is 11.3 Å². The molecule has 0 radical (unpaired) electrons. The van der Waals surface area contributed by atoms with Gasteiger partial charge < -0.3 is 4.90 Å². The molecule has 3 heterocycles. The third kappa shape index (κ3) is 2.12. The van der Waals surface area contributed by atoms with Crippen molar-refractivity contribution in [3.05, 3.63) is 39.1 Å². The van der Waals surface area contributed by atoms with Crippen molar-refractivity contribution in [3.8, 4) is 0 Å². The average molecular weight is 270 g/mol. The quantitative estimate of drug-likeness (QED) is 0.797. The first-order valence-corrected chi connectivity index (χ1v) is 6.41. The average Bonchev–Trinajstić information content (AvgIpc) is 2.69. The number of fused-ring (bicyclic) bond motifs is 1. The van der Waals surface area contributed by atoms with Gasteiger partial charge in [-0.05, 0) is 18.1 Å². The fourth-order valence-corrected chi connectivity index (χ4v) is 3.23. The van der Waals surface area contributed by atoms with Crippen LogP contribution in [-0.4, -0.2) is 16.5 Å². The topological polar surface area (TPSA) is 29.0 Å². The monoisotopic (exact) mass is 269 g/mol. The van der Waals surface area contributed by atoms with Crippen LogP contribution in [0.1, 0.15) is 10.4 Å². The number of hydrogen-bond donors (Lipinski definition) is 0. The van der Waals surface area contributed by atoms with Crippen molar-refractivity contribution in [2.75, 3.05) is 11.4 Å². The summed E-state index contributed by atoms with van der Waals surface area (Å²) < 4.78 is 13.6. The molecule has 0 saturated heterocycles. The van der Waals surface area contributed by atoms with E-state index in [1.807, 2.05) is 11.0 Å². The highest BCUT2D eigenvalue weighted by Crippen LogP contribution is 2.31. The van der Waals surface area contributed by atoms with Crippen LogP contribution in [0.4, 0.5) is 10.3 Å². The van der Waals surface area contributed by atoms with E-state index in [4.69, 9.17) is 11.6 Å². The summed E-state index contributed by atoms with van der Waals surface area (Å²) in [4.78, 5) is 11.3. The van der Waals surface area contributed by atoms with Gasteiger partial charge in [-0.25, -0.2) is 14.4 Å². The van der Waals surface area contributed by atoms with Gasteiger partial charge in [0.1, 0.15) is 0 Å². The zero-order valence-corrected chi connectivity index (χ0v) is 10.4. The van der Waals surface area contributed by atoms with Crippen molar-refractivity contribution >= 4 is 28.9 Å². The zero-order valence-electron chi connectivity index (χ0n) is 8.86. The summed E-state index contributed by atoms with van der Waals surface area (Å²) in [6.45, 7) is 1.58. The highest BCUT2D eigenvalue weighted by Gasteiger charge is 2.20. The molecule has 0 N–H and O–H groups in total. The van der Waals surface area contributed by atoms with Crippen LogP contribution >= 0.6 is 22.9 Å². The molecule has 3 rings (SSSR count). The maximum absolute atomic E-state index is 12.7. The van der Waals surface area contributed by atoms with Gasteiger partial charge in [0, 0.05) is 18.0 Å². The second kappa shape index (κ2) is 4.23. The minimum Gasteiger partial charge on any atom is -0.336 e. The van der Waals surface area contributed by atoms with Crippen LogP contribution in [-0.2, 0) is 13.0 Å². The SMILES string of the molecule is Fc1cnc(N2CCc3sc(Cl)cc3C2)nc1. The van der Waals surface area contributed by atoms with E-state index in [0.717, 1.165) is 23.8 Å². The Morgan fingerprint density at radius 1 is 1.35 bits per heavy atom. The molecule has 0 fully saturated rings. The molecule has 0 spiro atoms. The minimum absolute atomic E-state index is 0.412. The lowest BCUT2D eigenvalue weighted by Gasteiger charge is -2.26. The Labute approximate surface area is 107 Å². The van der Waals surface area contributed by atoms with Crippen molar-refractivity contribution in [1.82, 2.24) is 9.97 Å². The molecule has 0 bridgehead atoms. The summed E-state index contributed by atoms with van der Waals surface area (Å²) in [6.07, 6.45) is 3.32. The number of hydrogen-bond acceptors (Lipinski definition) is 4. The number of nitrogens with zero attached hydrogens (tertiary/aromatic N) is 3. The Kier molecular flexibility index (Phi) is 2.72. The van der Waals surface area contributed by atoms with E-state index in [0.29, 0.717) is 5.95 Å². The lowest BCUT2D eigenvalue weighted by Crippen LogP contribution is -2.30. The fourth-order valence-electron chi connectivity index (χ4n) is 1.94. The molecule has 0 amide bonds. The third-order valence-electron chi connectivity index (χ3n) is 2.73. The summed E-state index contributed by atoms with van der Waals surface area (Å²) in [7, 11) is 0. The van der Waals surface area contributed by atoms with Crippen molar-refractivity contribution in [1.29, 1.82) is 0 Å². The molecule has 0 aromatic carbocycles. The number of thiophene rings is 1. The summed E-state index contributed by atoms with van der Waals surface area (Å²) in [5.74, 6) is 0.157. The number of anilines is 1. The molecule has 6 heteroatoms. The van der Waals surface area contributed by atoms with Gasteiger partial charge in [0.25, 0.3) is 0 Å². The molecular formula is C11H9ClFN3S. The fraction of sp³-hybridized carbons (Fsp3) is 0.273. The van der Waals surface area contributed by atoms with E-state index >= 15 is 0 Å². The molecule has 0 unspecified atom stereocenters. The van der Waals surface area contributed by atoms with Crippen LogP contribution in [0.2, 0.25) is 4.34 Å². The van der Waals surface area contributed by atoms with Crippen LogP contribution in [0.25, 0.3) is 0 Å². The Morgan fingerprint density at radius 2 is 2.12 bits per heavy atom. The maximum atomic E-state index is 12.7. The third-order valence-corrected chi connectivity index (χ3v) is 4.09. The van der Waals surface area contributed by atoms with E-state index in [2.05, 4.69) is 9.97 Å². The van der Waals surface area contributed by atoms with Gasteiger partial charge in [0.05, 0.1) is 16.7 Å². The highest BCUT2D eigenvalue weighted by atomic mass is 35.5. The molecule has 2 aromatic rings. The van der Waals surface area contributed by atoms with E-state index in [1.165, 1.54) is 22.8 Å². The lowest BCUT2D eigenvalue weighted by atomic mass is 10.1. The summed E-state index contributed by atoms with van der Waals surface area (Å²) >= 11 is 7.61. The molecule has 88 valence electrons. The smallest absolute Gasteiger partial charge is 0.225 e. The van der Waals surface area contributed by atoms with Gasteiger partial charge in [0.15, 0.2) is 5.82 Å². The molecule has 2 aromatic heterocycles. The van der Waals surface area contributed by atoms with Gasteiger partial charge in [-0.1, -0.05) is 11.6 Å². The van der Waals surface area contributed by atoms with Crippen LogP contribution in [0, 0.1) is 5.82 Å². The Hall–Kier alpha value is -1.20. The van der Waals surface area contributed by atoms with Gasteiger partial charge in [0.2, 0.25) is 5.95 Å². The van der Waals surface area contributed by atoms with Crippen molar-refractivity contribution < 1.29 is 4.39 Å². The van der Waals surface area contributed by atoms with Gasteiger partial charge in [-0.2, -0.15) is 0 Å². The molecule has 17 heavy (non-hydrogen) atoms. The zero-order chi connectivity index (χ0) is 11.8. The van der Waals surface area contributed by atoms with Crippen LogP contribution in [0.3, 0.4) is 0 Å². The number of rotatable bonds is 1. The first-order valence-electron chi connectivity index (χ1n) is 5.22. The van der Waals surface area contributed by atoms with E-state index in [-0.39, 0.29) is 0 Å². The molecule has 3 nitrogen and oxygen atoms in total. The summed E-state index contributed by atoms with van der Waals surface area (Å²) in [5, 5.41) is 0. The Morgan fingerprint density at radius 3 is 2.88 bits per heavy atom. The molecule has 0 saturated carbocycles. The van der Waals surface area contributed by atoms with Crippen molar-refractivity contribution in [2.45, 2.75) is 13.0 Å².